The standard InChI is InChI=1S/C13H17N3O2/c1-8(14)9-5-4-6-10(7-9)11-15-12(18-16-11)13(2,3)17/h4-8,17H,14H2,1-3H3/t8-/m0/s1. The maximum absolute atomic E-state index is 9.78. The van der Waals surface area contributed by atoms with Gasteiger partial charge in [0.15, 0.2) is 0 Å². The van der Waals surface area contributed by atoms with Crippen molar-refractivity contribution in [3.63, 3.8) is 0 Å². The number of aromatic nitrogens is 2. The SMILES string of the molecule is C[C@H](N)c1cccc(-c2noc(C(C)(C)O)n2)c1. The molecule has 2 aromatic rings. The molecule has 1 atom stereocenters. The Morgan fingerprint density at radius 1 is 1.39 bits per heavy atom. The summed E-state index contributed by atoms with van der Waals surface area (Å²) in [4.78, 5) is 4.18. The second-order valence-electron chi connectivity index (χ2n) is 4.90. The number of nitrogens with two attached hydrogens (primary N) is 1. The van der Waals surface area contributed by atoms with E-state index >= 15 is 0 Å². The highest BCUT2D eigenvalue weighted by atomic mass is 16.5. The van der Waals surface area contributed by atoms with Gasteiger partial charge >= 0.3 is 0 Å². The average Bonchev–Trinajstić information content (AvgIpc) is 2.78. The topological polar surface area (TPSA) is 85.2 Å². The summed E-state index contributed by atoms with van der Waals surface area (Å²) < 4.78 is 5.04. The lowest BCUT2D eigenvalue weighted by Gasteiger charge is -2.09. The van der Waals surface area contributed by atoms with Gasteiger partial charge in [0.25, 0.3) is 5.89 Å². The van der Waals surface area contributed by atoms with Gasteiger partial charge in [-0.15, -0.1) is 0 Å². The molecule has 0 saturated carbocycles. The second kappa shape index (κ2) is 4.51. The summed E-state index contributed by atoms with van der Waals surface area (Å²) in [6.45, 7) is 5.11. The molecule has 0 unspecified atom stereocenters. The van der Waals surface area contributed by atoms with Gasteiger partial charge in [0.2, 0.25) is 5.82 Å². The molecule has 0 amide bonds. The zero-order valence-electron chi connectivity index (χ0n) is 10.7. The molecule has 0 aliphatic carbocycles. The Labute approximate surface area is 106 Å². The first-order chi connectivity index (χ1) is 8.38. The van der Waals surface area contributed by atoms with Crippen molar-refractivity contribution in [3.8, 4) is 11.4 Å². The Morgan fingerprint density at radius 3 is 2.67 bits per heavy atom. The summed E-state index contributed by atoms with van der Waals surface area (Å²) in [5.74, 6) is 0.651. The van der Waals surface area contributed by atoms with Crippen LogP contribution >= 0.6 is 0 Å². The molecule has 1 aromatic carbocycles. The molecule has 1 aromatic heterocycles. The quantitative estimate of drug-likeness (QED) is 0.866. The van der Waals surface area contributed by atoms with Gasteiger partial charge in [-0.1, -0.05) is 23.4 Å². The van der Waals surface area contributed by atoms with E-state index in [2.05, 4.69) is 10.1 Å². The third-order valence-corrected chi connectivity index (χ3v) is 2.62. The van der Waals surface area contributed by atoms with Crippen molar-refractivity contribution in [2.45, 2.75) is 32.4 Å². The van der Waals surface area contributed by atoms with Crippen molar-refractivity contribution in [2.75, 3.05) is 0 Å². The van der Waals surface area contributed by atoms with Crippen molar-refractivity contribution in [1.29, 1.82) is 0 Å². The Kier molecular flexibility index (Phi) is 3.19. The van der Waals surface area contributed by atoms with Crippen molar-refractivity contribution in [3.05, 3.63) is 35.7 Å². The van der Waals surface area contributed by atoms with Crippen LogP contribution in [-0.4, -0.2) is 15.2 Å². The number of benzene rings is 1. The molecule has 0 spiro atoms. The van der Waals surface area contributed by atoms with Crippen LogP contribution in [0.1, 0.15) is 38.3 Å². The summed E-state index contributed by atoms with van der Waals surface area (Å²) >= 11 is 0. The molecule has 0 radical (unpaired) electrons. The van der Waals surface area contributed by atoms with Gasteiger partial charge in [-0.25, -0.2) is 0 Å². The lowest BCUT2D eigenvalue weighted by molar-refractivity contribution is 0.0420. The molecule has 0 saturated heterocycles. The smallest absolute Gasteiger partial charge is 0.258 e. The van der Waals surface area contributed by atoms with E-state index in [-0.39, 0.29) is 11.9 Å². The molecule has 2 rings (SSSR count). The summed E-state index contributed by atoms with van der Waals surface area (Å²) in [5.41, 5.74) is 6.52. The summed E-state index contributed by atoms with van der Waals surface area (Å²) in [5, 5.41) is 13.6. The van der Waals surface area contributed by atoms with E-state index in [1.54, 1.807) is 13.8 Å². The molecule has 96 valence electrons. The zero-order chi connectivity index (χ0) is 13.3. The Balaban J connectivity index is 2.37. The Bertz CT molecular complexity index is 541. The molecule has 0 bridgehead atoms. The predicted octanol–water partition coefficient (Wildman–Crippen LogP) is 1.98. The minimum atomic E-state index is -1.13. The fourth-order valence-electron chi connectivity index (χ4n) is 1.55. The molecule has 3 N–H and O–H groups in total. The predicted molar refractivity (Wildman–Crippen MR) is 67.6 cm³/mol. The van der Waals surface area contributed by atoms with Crippen LogP contribution in [-0.2, 0) is 5.60 Å². The van der Waals surface area contributed by atoms with Crippen LogP contribution in [0.5, 0.6) is 0 Å². The van der Waals surface area contributed by atoms with Crippen molar-refractivity contribution >= 4 is 0 Å². The first-order valence-corrected chi connectivity index (χ1v) is 5.80. The van der Waals surface area contributed by atoms with Gasteiger partial charge in [-0.2, -0.15) is 4.98 Å². The van der Waals surface area contributed by atoms with Gasteiger partial charge in [0, 0.05) is 11.6 Å². The molecular weight excluding hydrogens is 230 g/mol. The Morgan fingerprint density at radius 2 is 2.11 bits per heavy atom. The van der Waals surface area contributed by atoms with Crippen molar-refractivity contribution in [1.82, 2.24) is 10.1 Å². The lowest BCUT2D eigenvalue weighted by atomic mass is 10.1. The highest BCUT2D eigenvalue weighted by molar-refractivity contribution is 5.55. The number of aliphatic hydroxyl groups is 1. The monoisotopic (exact) mass is 247 g/mol. The van der Waals surface area contributed by atoms with Gasteiger partial charge in [0.1, 0.15) is 5.60 Å². The van der Waals surface area contributed by atoms with Crippen LogP contribution < -0.4 is 5.73 Å². The minimum absolute atomic E-state index is 0.0504. The molecule has 5 nitrogen and oxygen atoms in total. The van der Waals surface area contributed by atoms with Crippen LogP contribution in [0.15, 0.2) is 28.8 Å². The number of rotatable bonds is 3. The van der Waals surface area contributed by atoms with E-state index in [9.17, 15) is 5.11 Å². The third-order valence-electron chi connectivity index (χ3n) is 2.62. The maximum atomic E-state index is 9.78. The van der Waals surface area contributed by atoms with Crippen LogP contribution in [0.3, 0.4) is 0 Å². The first-order valence-electron chi connectivity index (χ1n) is 5.80. The second-order valence-corrected chi connectivity index (χ2v) is 4.90. The lowest BCUT2D eigenvalue weighted by Crippen LogP contribution is -2.15. The fraction of sp³-hybridized carbons (Fsp3) is 0.385. The fourth-order valence-corrected chi connectivity index (χ4v) is 1.55. The zero-order valence-corrected chi connectivity index (χ0v) is 10.7. The van der Waals surface area contributed by atoms with Crippen molar-refractivity contribution in [2.24, 2.45) is 5.73 Å². The van der Waals surface area contributed by atoms with Crippen LogP contribution in [0.25, 0.3) is 11.4 Å². The first kappa shape index (κ1) is 12.7. The van der Waals surface area contributed by atoms with Crippen LogP contribution in [0.4, 0.5) is 0 Å². The normalized spacial score (nSPS) is 13.6. The summed E-state index contributed by atoms with van der Waals surface area (Å²) in [6.07, 6.45) is 0. The minimum Gasteiger partial charge on any atom is -0.381 e. The maximum Gasteiger partial charge on any atom is 0.258 e. The van der Waals surface area contributed by atoms with E-state index in [0.29, 0.717) is 5.82 Å². The van der Waals surface area contributed by atoms with Gasteiger partial charge in [-0.3, -0.25) is 0 Å². The van der Waals surface area contributed by atoms with E-state index in [4.69, 9.17) is 10.3 Å². The van der Waals surface area contributed by atoms with Crippen molar-refractivity contribution < 1.29 is 9.63 Å². The molecule has 5 heteroatoms. The average molecular weight is 247 g/mol. The van der Waals surface area contributed by atoms with Gasteiger partial charge in [0.05, 0.1) is 0 Å². The molecule has 0 fully saturated rings. The molecule has 0 aliphatic rings. The Hall–Kier alpha value is -1.72. The van der Waals surface area contributed by atoms with E-state index in [0.717, 1.165) is 11.1 Å². The number of hydrogen-bond donors (Lipinski definition) is 2. The van der Waals surface area contributed by atoms with E-state index in [1.165, 1.54) is 0 Å². The molecular formula is C13H17N3O2. The largest absolute Gasteiger partial charge is 0.381 e. The van der Waals surface area contributed by atoms with Gasteiger partial charge in [-0.05, 0) is 32.4 Å². The van der Waals surface area contributed by atoms with E-state index in [1.807, 2.05) is 31.2 Å². The summed E-state index contributed by atoms with van der Waals surface area (Å²) in [6, 6.07) is 7.60. The third kappa shape index (κ3) is 2.57. The molecule has 1 heterocycles. The number of nitrogens with zero attached hydrogens (tertiary/aromatic N) is 2. The molecule has 0 aliphatic heterocycles. The highest BCUT2D eigenvalue weighted by Crippen LogP contribution is 2.23. The van der Waals surface area contributed by atoms with Gasteiger partial charge < -0.3 is 15.4 Å². The molecule has 18 heavy (non-hydrogen) atoms. The van der Waals surface area contributed by atoms with Crippen LogP contribution in [0.2, 0.25) is 0 Å². The van der Waals surface area contributed by atoms with Crippen LogP contribution in [0, 0.1) is 0 Å². The highest BCUT2D eigenvalue weighted by Gasteiger charge is 2.24. The number of hydrogen-bond acceptors (Lipinski definition) is 5. The van der Waals surface area contributed by atoms with E-state index < -0.39 is 5.60 Å². The summed E-state index contributed by atoms with van der Waals surface area (Å²) in [7, 11) is 0.